The number of rotatable bonds is 4. The summed E-state index contributed by atoms with van der Waals surface area (Å²) in [4.78, 5) is 15.5. The average Bonchev–Trinajstić information content (AvgIpc) is 3.09. The number of nitro groups is 1. The number of fused-ring (bicyclic) bond motifs is 2. The van der Waals surface area contributed by atoms with Gasteiger partial charge in [0.25, 0.3) is 5.69 Å². The van der Waals surface area contributed by atoms with Crippen LogP contribution < -0.4 is 10.1 Å². The van der Waals surface area contributed by atoms with Gasteiger partial charge in [-0.2, -0.15) is 0 Å². The van der Waals surface area contributed by atoms with Gasteiger partial charge in [-0.1, -0.05) is 18.2 Å². The number of methoxy groups -OCH3 is 1. The number of nitrogens with one attached hydrogen (secondary N) is 1. The van der Waals surface area contributed by atoms with E-state index in [9.17, 15) is 10.1 Å². The minimum Gasteiger partial charge on any atom is -0.495 e. The van der Waals surface area contributed by atoms with Gasteiger partial charge in [-0.25, -0.2) is 0 Å². The fourth-order valence-electron chi connectivity index (χ4n) is 3.40. The lowest BCUT2D eigenvalue weighted by molar-refractivity contribution is -0.384. The van der Waals surface area contributed by atoms with Gasteiger partial charge < -0.3 is 10.1 Å². The van der Waals surface area contributed by atoms with Crippen molar-refractivity contribution in [3.8, 4) is 5.75 Å². The van der Waals surface area contributed by atoms with Crippen molar-refractivity contribution in [2.45, 2.75) is 19.3 Å². The molecular formula is C19H17N3O3. The number of pyridine rings is 1. The summed E-state index contributed by atoms with van der Waals surface area (Å²) in [5, 5.41) is 15.5. The van der Waals surface area contributed by atoms with Crippen LogP contribution in [0.25, 0.3) is 10.9 Å². The lowest BCUT2D eigenvalue weighted by Gasteiger charge is -2.16. The number of ether oxygens (including phenoxy) is 1. The van der Waals surface area contributed by atoms with Crippen LogP contribution in [0.2, 0.25) is 0 Å². The Balaban J connectivity index is 1.89. The van der Waals surface area contributed by atoms with Gasteiger partial charge in [0.1, 0.15) is 5.75 Å². The van der Waals surface area contributed by atoms with Crippen LogP contribution in [0.15, 0.2) is 42.5 Å². The molecule has 126 valence electrons. The van der Waals surface area contributed by atoms with Crippen molar-refractivity contribution in [1.29, 1.82) is 0 Å². The summed E-state index contributed by atoms with van der Waals surface area (Å²) in [5.74, 6) is 0.568. The normalized spacial score (nSPS) is 12.8. The summed E-state index contributed by atoms with van der Waals surface area (Å²) in [5.41, 5.74) is 4.80. The van der Waals surface area contributed by atoms with Crippen molar-refractivity contribution in [2.75, 3.05) is 12.4 Å². The van der Waals surface area contributed by atoms with Gasteiger partial charge in [-0.15, -0.1) is 0 Å². The van der Waals surface area contributed by atoms with Crippen molar-refractivity contribution in [2.24, 2.45) is 0 Å². The van der Waals surface area contributed by atoms with Crippen molar-refractivity contribution < 1.29 is 9.66 Å². The molecule has 0 unspecified atom stereocenters. The van der Waals surface area contributed by atoms with Crippen LogP contribution in [-0.4, -0.2) is 17.0 Å². The first kappa shape index (κ1) is 15.4. The van der Waals surface area contributed by atoms with Crippen LogP contribution in [0, 0.1) is 10.1 Å². The fraction of sp³-hybridized carbons (Fsp3) is 0.211. The molecule has 0 saturated heterocycles. The third kappa shape index (κ3) is 2.65. The molecule has 3 aromatic rings. The fourth-order valence-corrected chi connectivity index (χ4v) is 3.40. The molecule has 0 amide bonds. The maximum absolute atomic E-state index is 11.1. The molecule has 1 aromatic heterocycles. The highest BCUT2D eigenvalue weighted by Crippen LogP contribution is 2.38. The molecule has 4 rings (SSSR count). The molecule has 25 heavy (non-hydrogen) atoms. The van der Waals surface area contributed by atoms with Crippen molar-refractivity contribution in [3.63, 3.8) is 0 Å². The number of para-hydroxylation sites is 1. The topological polar surface area (TPSA) is 77.3 Å². The van der Waals surface area contributed by atoms with E-state index in [0.717, 1.165) is 41.5 Å². The Labute approximate surface area is 144 Å². The molecule has 6 heteroatoms. The number of aromatic nitrogens is 1. The van der Waals surface area contributed by atoms with Gasteiger partial charge in [0.2, 0.25) is 0 Å². The van der Waals surface area contributed by atoms with Crippen molar-refractivity contribution in [1.82, 2.24) is 4.98 Å². The SMILES string of the molecule is COc1ccc([N+](=O)[O-])cc1Nc1c2c(nc3ccccc13)CCC2. The maximum atomic E-state index is 11.1. The van der Waals surface area contributed by atoms with E-state index >= 15 is 0 Å². The second-order valence-electron chi connectivity index (χ2n) is 6.05. The third-order valence-corrected chi connectivity index (χ3v) is 4.57. The number of non-ortho nitro benzene ring substituents is 1. The molecule has 0 radical (unpaired) electrons. The molecule has 1 aliphatic carbocycles. The molecule has 0 aliphatic heterocycles. The molecule has 0 spiro atoms. The number of hydrogen-bond acceptors (Lipinski definition) is 5. The first-order chi connectivity index (χ1) is 12.2. The maximum Gasteiger partial charge on any atom is 0.271 e. The predicted octanol–water partition coefficient (Wildman–Crippen LogP) is 4.38. The van der Waals surface area contributed by atoms with E-state index in [0.29, 0.717) is 11.4 Å². The highest BCUT2D eigenvalue weighted by molar-refractivity contribution is 5.96. The smallest absolute Gasteiger partial charge is 0.271 e. The first-order valence-electron chi connectivity index (χ1n) is 8.17. The zero-order valence-corrected chi connectivity index (χ0v) is 13.8. The average molecular weight is 335 g/mol. The predicted molar refractivity (Wildman–Crippen MR) is 96.7 cm³/mol. The second-order valence-corrected chi connectivity index (χ2v) is 6.05. The largest absolute Gasteiger partial charge is 0.495 e. The summed E-state index contributed by atoms with van der Waals surface area (Å²) in [6.45, 7) is 0. The Morgan fingerprint density at radius 1 is 1.20 bits per heavy atom. The van der Waals surface area contributed by atoms with E-state index in [-0.39, 0.29) is 5.69 Å². The summed E-state index contributed by atoms with van der Waals surface area (Å²) in [7, 11) is 1.56. The van der Waals surface area contributed by atoms with E-state index in [1.54, 1.807) is 13.2 Å². The van der Waals surface area contributed by atoms with E-state index in [4.69, 9.17) is 9.72 Å². The number of anilines is 2. The Morgan fingerprint density at radius 2 is 2.04 bits per heavy atom. The molecule has 0 saturated carbocycles. The Kier molecular flexibility index (Phi) is 3.72. The van der Waals surface area contributed by atoms with Crippen LogP contribution in [0.4, 0.5) is 17.1 Å². The van der Waals surface area contributed by atoms with Crippen LogP contribution >= 0.6 is 0 Å². The molecule has 0 bridgehead atoms. The third-order valence-electron chi connectivity index (χ3n) is 4.57. The minimum absolute atomic E-state index is 0.0262. The molecule has 1 N–H and O–H groups in total. The minimum atomic E-state index is -0.403. The van der Waals surface area contributed by atoms with Gasteiger partial charge in [0, 0.05) is 23.2 Å². The van der Waals surface area contributed by atoms with Crippen molar-refractivity contribution in [3.05, 3.63) is 63.8 Å². The van der Waals surface area contributed by atoms with Crippen LogP contribution in [0.3, 0.4) is 0 Å². The summed E-state index contributed by atoms with van der Waals surface area (Å²) < 4.78 is 5.38. The molecule has 2 aromatic carbocycles. The molecular weight excluding hydrogens is 318 g/mol. The van der Waals surface area contributed by atoms with Crippen LogP contribution in [0.1, 0.15) is 17.7 Å². The summed E-state index contributed by atoms with van der Waals surface area (Å²) in [6, 6.07) is 12.5. The van der Waals surface area contributed by atoms with Gasteiger partial charge >= 0.3 is 0 Å². The molecule has 0 atom stereocenters. The van der Waals surface area contributed by atoms with Gasteiger partial charge in [-0.05, 0) is 37.0 Å². The quantitative estimate of drug-likeness (QED) is 0.565. The van der Waals surface area contributed by atoms with E-state index in [1.165, 1.54) is 17.7 Å². The molecule has 1 aliphatic rings. The van der Waals surface area contributed by atoms with E-state index < -0.39 is 4.92 Å². The number of benzene rings is 2. The van der Waals surface area contributed by atoms with Gasteiger partial charge in [-0.3, -0.25) is 15.1 Å². The van der Waals surface area contributed by atoms with Crippen molar-refractivity contribution >= 4 is 28.0 Å². The highest BCUT2D eigenvalue weighted by atomic mass is 16.6. The van der Waals surface area contributed by atoms with E-state index in [1.807, 2.05) is 24.3 Å². The Bertz CT molecular complexity index is 985. The first-order valence-corrected chi connectivity index (χ1v) is 8.17. The number of aryl methyl sites for hydroxylation is 1. The van der Waals surface area contributed by atoms with Gasteiger partial charge in [0.15, 0.2) is 0 Å². The Hall–Kier alpha value is -3.15. The lowest BCUT2D eigenvalue weighted by Crippen LogP contribution is -2.02. The van der Waals surface area contributed by atoms with E-state index in [2.05, 4.69) is 5.32 Å². The zero-order chi connectivity index (χ0) is 17.4. The number of nitrogens with zero attached hydrogens (tertiary/aromatic N) is 2. The van der Waals surface area contributed by atoms with Crippen LogP contribution in [0.5, 0.6) is 5.75 Å². The van der Waals surface area contributed by atoms with Gasteiger partial charge in [0.05, 0.1) is 28.9 Å². The molecule has 0 fully saturated rings. The highest BCUT2D eigenvalue weighted by Gasteiger charge is 2.21. The standard InChI is InChI=1S/C19H17N3O3/c1-25-18-10-9-12(22(23)24)11-17(18)21-19-13-5-2-3-7-15(13)20-16-8-4-6-14(16)19/h2-3,5,7,9-11H,4,6,8H2,1H3,(H,20,21). The monoisotopic (exact) mass is 335 g/mol. The summed E-state index contributed by atoms with van der Waals surface area (Å²) in [6.07, 6.45) is 2.98. The molecule has 1 heterocycles. The lowest BCUT2D eigenvalue weighted by atomic mass is 10.1. The number of nitro benzene ring substituents is 1. The number of hydrogen-bond donors (Lipinski definition) is 1. The van der Waals surface area contributed by atoms with Crippen LogP contribution in [-0.2, 0) is 12.8 Å². The Morgan fingerprint density at radius 3 is 2.84 bits per heavy atom. The zero-order valence-electron chi connectivity index (χ0n) is 13.8. The molecule has 6 nitrogen and oxygen atoms in total. The second kappa shape index (κ2) is 6.05. The summed E-state index contributed by atoms with van der Waals surface area (Å²) >= 11 is 0.